The molecule has 1 aliphatic rings. The van der Waals surface area contributed by atoms with Crippen molar-refractivity contribution in [3.8, 4) is 0 Å². The van der Waals surface area contributed by atoms with Crippen LogP contribution in [0.4, 0.5) is 14.7 Å². The van der Waals surface area contributed by atoms with E-state index in [0.717, 1.165) is 11.3 Å². The Bertz CT molecular complexity index is 1470. The summed E-state index contributed by atoms with van der Waals surface area (Å²) in [5.74, 6) is -2.38. The number of carboxylic acid groups (broad SMARTS) is 1. The summed E-state index contributed by atoms with van der Waals surface area (Å²) in [6.07, 6.45) is -0.152. The molecular formula is C26H37N9O9S. The maximum atomic E-state index is 13.4. The molecule has 0 radical (unpaired) electrons. The van der Waals surface area contributed by atoms with Crippen molar-refractivity contribution in [1.29, 1.82) is 0 Å². The van der Waals surface area contributed by atoms with Gasteiger partial charge in [0, 0.05) is 5.38 Å². The van der Waals surface area contributed by atoms with Gasteiger partial charge < -0.3 is 35.4 Å². The summed E-state index contributed by atoms with van der Waals surface area (Å²) in [5.41, 5.74) is -3.78. The Morgan fingerprint density at radius 1 is 1.07 bits per heavy atom. The molecule has 246 valence electrons. The third-order valence-electron chi connectivity index (χ3n) is 5.60. The van der Waals surface area contributed by atoms with E-state index < -0.39 is 64.6 Å². The van der Waals surface area contributed by atoms with Gasteiger partial charge in [0.1, 0.15) is 35.1 Å². The molecule has 5 N–H and O–H groups in total. The summed E-state index contributed by atoms with van der Waals surface area (Å²) in [5, 5.41) is 29.0. The first-order valence-electron chi connectivity index (χ1n) is 13.6. The average molecular weight is 652 g/mol. The molecule has 0 aliphatic carbocycles. The molecule has 0 spiro atoms. The van der Waals surface area contributed by atoms with Crippen LogP contribution in [0.25, 0.3) is 0 Å². The molecule has 0 aromatic carbocycles. The van der Waals surface area contributed by atoms with Crippen LogP contribution in [0.1, 0.15) is 66.9 Å². The lowest BCUT2D eigenvalue weighted by Gasteiger charge is -2.37. The Labute approximate surface area is 262 Å². The fourth-order valence-electron chi connectivity index (χ4n) is 3.43. The molecule has 1 fully saturated rings. The van der Waals surface area contributed by atoms with Gasteiger partial charge in [0.2, 0.25) is 11.5 Å². The zero-order valence-corrected chi connectivity index (χ0v) is 26.9. The average Bonchev–Trinajstić information content (AvgIpc) is 3.53. The molecule has 0 unspecified atom stereocenters. The highest BCUT2D eigenvalue weighted by molar-refractivity contribution is 7.14. The fraction of sp³-hybridized carbons (Fsp3) is 0.577. The minimum absolute atomic E-state index is 0.0103. The van der Waals surface area contributed by atoms with Crippen molar-refractivity contribution < 1.29 is 43.4 Å². The van der Waals surface area contributed by atoms with Crippen LogP contribution >= 0.6 is 11.3 Å². The van der Waals surface area contributed by atoms with Crippen LogP contribution < -0.4 is 21.3 Å². The number of oxime groups is 1. The third-order valence-corrected chi connectivity index (χ3v) is 6.36. The Kier molecular flexibility index (Phi) is 10.4. The number of carbonyl (C=O) groups excluding carboxylic acids is 4. The van der Waals surface area contributed by atoms with Crippen LogP contribution in [0.5, 0.6) is 0 Å². The molecule has 2 aromatic heterocycles. The molecular weight excluding hydrogens is 614 g/mol. The lowest BCUT2D eigenvalue weighted by Crippen LogP contribution is -2.70. The molecule has 2 atom stereocenters. The second kappa shape index (κ2) is 13.4. The Morgan fingerprint density at radius 2 is 1.71 bits per heavy atom. The molecule has 2 aromatic rings. The van der Waals surface area contributed by atoms with E-state index in [2.05, 4.69) is 41.5 Å². The molecule has 1 aliphatic heterocycles. The largest absolute Gasteiger partial charge is 0.478 e. The first-order chi connectivity index (χ1) is 20.7. The monoisotopic (exact) mass is 651 g/mol. The quantitative estimate of drug-likeness (QED) is 0.132. The smallest absolute Gasteiger partial charge is 0.413 e. The highest BCUT2D eigenvalue weighted by Crippen LogP contribution is 2.20. The number of hydrogen-bond donors (Lipinski definition) is 5. The van der Waals surface area contributed by atoms with Crippen LogP contribution in [0, 0.1) is 0 Å². The van der Waals surface area contributed by atoms with E-state index in [9.17, 15) is 29.1 Å². The number of nitrogens with zero attached hydrogens (tertiary/aromatic N) is 5. The fourth-order valence-corrected chi connectivity index (χ4v) is 4.11. The normalized spacial score (nSPS) is 17.0. The second-order valence-electron chi connectivity index (χ2n) is 12.3. The molecule has 3 heterocycles. The first-order valence-corrected chi connectivity index (χ1v) is 14.5. The van der Waals surface area contributed by atoms with Gasteiger partial charge in [0.25, 0.3) is 5.91 Å². The minimum Gasteiger partial charge on any atom is -0.478 e. The van der Waals surface area contributed by atoms with Gasteiger partial charge in [-0.15, -0.1) is 11.3 Å². The molecule has 19 heteroatoms. The zero-order chi connectivity index (χ0) is 33.7. The second-order valence-corrected chi connectivity index (χ2v) is 13.1. The lowest BCUT2D eigenvalue weighted by atomic mass is 9.98. The van der Waals surface area contributed by atoms with Crippen molar-refractivity contribution in [2.75, 3.05) is 5.32 Å². The summed E-state index contributed by atoms with van der Waals surface area (Å²) in [7, 11) is 0. The number of aromatic nitrogens is 4. The zero-order valence-electron chi connectivity index (χ0n) is 26.1. The van der Waals surface area contributed by atoms with Crippen LogP contribution in [0.3, 0.4) is 0 Å². The number of nitrogens with one attached hydrogen (secondary N) is 4. The van der Waals surface area contributed by atoms with Crippen LogP contribution in [0.15, 0.2) is 16.9 Å². The first kappa shape index (κ1) is 34.7. The van der Waals surface area contributed by atoms with Gasteiger partial charge in [-0.1, -0.05) is 5.16 Å². The standard InChI is InChI=1S/C26H37N9O9S/c1-24(2,3)42-22(40)27-9-15-28-12-29-35(15)10-13-16(18(36)30-13)32-19(37)17(34-44-26(7,8)20(38)39)14-11-45-21(31-14)33-23(41)43-25(4,5)6/h11-13,16H,9-10H2,1-8H3,(H,27,40)(H,30,36)(H,32,37)(H,38,39)(H,31,33,41)/t13-,16-/m0/s1. The summed E-state index contributed by atoms with van der Waals surface area (Å²) < 4.78 is 11.9. The highest BCUT2D eigenvalue weighted by atomic mass is 32.1. The van der Waals surface area contributed by atoms with Gasteiger partial charge in [0.15, 0.2) is 10.8 Å². The van der Waals surface area contributed by atoms with Gasteiger partial charge in [-0.3, -0.25) is 14.9 Å². The summed E-state index contributed by atoms with van der Waals surface area (Å²) in [6, 6.07) is -1.69. The predicted molar refractivity (Wildman–Crippen MR) is 158 cm³/mol. The Morgan fingerprint density at radius 3 is 2.31 bits per heavy atom. The number of thiazole rings is 1. The van der Waals surface area contributed by atoms with Crippen molar-refractivity contribution in [3.63, 3.8) is 0 Å². The minimum atomic E-state index is -1.81. The molecule has 1 saturated heterocycles. The van der Waals surface area contributed by atoms with Crippen molar-refractivity contribution in [2.45, 2.75) is 97.4 Å². The van der Waals surface area contributed by atoms with Crippen molar-refractivity contribution >= 4 is 52.2 Å². The van der Waals surface area contributed by atoms with E-state index in [0.29, 0.717) is 5.82 Å². The van der Waals surface area contributed by atoms with Gasteiger partial charge >= 0.3 is 18.2 Å². The van der Waals surface area contributed by atoms with Crippen LogP contribution in [0.2, 0.25) is 0 Å². The molecule has 3 rings (SSSR count). The van der Waals surface area contributed by atoms with E-state index in [-0.39, 0.29) is 23.9 Å². The van der Waals surface area contributed by atoms with Gasteiger partial charge in [-0.25, -0.2) is 29.0 Å². The molecule has 18 nitrogen and oxygen atoms in total. The van der Waals surface area contributed by atoms with Crippen LogP contribution in [-0.2, 0) is 41.8 Å². The van der Waals surface area contributed by atoms with E-state index in [1.54, 1.807) is 41.5 Å². The molecule has 0 saturated carbocycles. The highest BCUT2D eigenvalue weighted by Gasteiger charge is 2.42. The summed E-state index contributed by atoms with van der Waals surface area (Å²) >= 11 is 0.950. The number of rotatable bonds is 11. The van der Waals surface area contributed by atoms with Gasteiger partial charge in [-0.2, -0.15) is 5.10 Å². The maximum Gasteiger partial charge on any atom is 0.413 e. The maximum absolute atomic E-state index is 13.4. The van der Waals surface area contributed by atoms with E-state index in [1.807, 2.05) is 0 Å². The Balaban J connectivity index is 1.74. The van der Waals surface area contributed by atoms with Crippen molar-refractivity contribution in [2.24, 2.45) is 5.16 Å². The number of carboxylic acids is 1. The number of hydrogen-bond acceptors (Lipinski definition) is 13. The van der Waals surface area contributed by atoms with Gasteiger partial charge in [-0.05, 0) is 55.4 Å². The van der Waals surface area contributed by atoms with E-state index in [1.165, 1.54) is 30.2 Å². The molecule has 45 heavy (non-hydrogen) atoms. The number of amides is 4. The van der Waals surface area contributed by atoms with E-state index >= 15 is 0 Å². The van der Waals surface area contributed by atoms with Crippen molar-refractivity contribution in [1.82, 2.24) is 35.7 Å². The SMILES string of the molecule is CC(C)(C)OC(=O)NCc1ncnn1C[C@@H]1NC(=O)[C@H]1NC(=O)C(=NOC(C)(C)C(=O)O)c1csc(NC(=O)OC(C)(C)C)n1. The molecule has 0 bridgehead atoms. The number of anilines is 1. The number of aliphatic carboxylic acids is 1. The third kappa shape index (κ3) is 10.1. The lowest BCUT2D eigenvalue weighted by molar-refractivity contribution is -0.161. The predicted octanol–water partition coefficient (Wildman–Crippen LogP) is 1.37. The van der Waals surface area contributed by atoms with Crippen LogP contribution in [-0.4, -0.2) is 89.4 Å². The summed E-state index contributed by atoms with van der Waals surface area (Å²) in [6.45, 7) is 12.8. The van der Waals surface area contributed by atoms with Crippen molar-refractivity contribution in [3.05, 3.63) is 23.2 Å². The number of ether oxygens (including phenoxy) is 2. The van der Waals surface area contributed by atoms with Gasteiger partial charge in [0.05, 0.1) is 19.1 Å². The van der Waals surface area contributed by atoms with E-state index in [4.69, 9.17) is 14.3 Å². The number of β-lactam (4-membered cyclic amide) rings is 1. The number of carbonyl (C=O) groups is 5. The summed E-state index contributed by atoms with van der Waals surface area (Å²) in [4.78, 5) is 75.1. The molecule has 4 amide bonds. The topological polar surface area (TPSA) is 237 Å². The number of alkyl carbamates (subject to hydrolysis) is 1. The Hall–Kier alpha value is -4.81.